The summed E-state index contributed by atoms with van der Waals surface area (Å²) in [6, 6.07) is 9.56. The number of hydrogen-bond donors (Lipinski definition) is 2. The van der Waals surface area contributed by atoms with Crippen LogP contribution in [-0.4, -0.2) is 58.2 Å². The van der Waals surface area contributed by atoms with E-state index in [9.17, 15) is 9.90 Å². The van der Waals surface area contributed by atoms with Crippen LogP contribution in [0.15, 0.2) is 30.3 Å². The van der Waals surface area contributed by atoms with Crippen molar-refractivity contribution in [1.82, 2.24) is 20.2 Å². The number of aliphatic hydroxyl groups is 1. The predicted molar refractivity (Wildman–Crippen MR) is 106 cm³/mol. The second-order valence-corrected chi connectivity index (χ2v) is 7.18. The Morgan fingerprint density at radius 1 is 1.19 bits per heavy atom. The van der Waals surface area contributed by atoms with Crippen LogP contribution in [0.2, 0.25) is 0 Å². The summed E-state index contributed by atoms with van der Waals surface area (Å²) in [5.41, 5.74) is 3.38. The number of carbonyl (C=O) groups is 1. The molecule has 2 aromatic rings. The number of nitrogens with one attached hydrogen (secondary N) is 1. The van der Waals surface area contributed by atoms with Crippen molar-refractivity contribution < 1.29 is 9.90 Å². The van der Waals surface area contributed by atoms with Gasteiger partial charge < -0.3 is 10.4 Å². The number of aromatic nitrogens is 2. The quantitative estimate of drug-likeness (QED) is 0.818. The molecular formula is C21H28N4O2. The Hall–Kier alpha value is -2.31. The van der Waals surface area contributed by atoms with Crippen molar-refractivity contribution in [3.05, 3.63) is 47.3 Å². The van der Waals surface area contributed by atoms with Crippen molar-refractivity contribution in [3.8, 4) is 11.4 Å². The largest absolute Gasteiger partial charge is 0.395 e. The summed E-state index contributed by atoms with van der Waals surface area (Å²) in [6.07, 6.45) is 3.36. The monoisotopic (exact) mass is 368 g/mol. The first-order chi connectivity index (χ1) is 13.1. The van der Waals surface area contributed by atoms with Gasteiger partial charge in [-0.1, -0.05) is 18.6 Å². The lowest BCUT2D eigenvalue weighted by Gasteiger charge is -2.34. The number of hydrogen-bond acceptors (Lipinski definition) is 5. The molecule has 0 bridgehead atoms. The number of aliphatic hydroxyl groups excluding tert-OH is 1. The molecule has 1 aromatic carbocycles. The first kappa shape index (κ1) is 19.5. The first-order valence-corrected chi connectivity index (χ1v) is 9.62. The topological polar surface area (TPSA) is 78.4 Å². The molecule has 6 nitrogen and oxygen atoms in total. The third-order valence-electron chi connectivity index (χ3n) is 5.03. The predicted octanol–water partition coefficient (Wildman–Crippen LogP) is 2.34. The smallest absolute Gasteiger partial charge is 0.251 e. The molecule has 1 aliphatic heterocycles. The lowest BCUT2D eigenvalue weighted by Crippen LogP contribution is -2.45. The van der Waals surface area contributed by atoms with Crippen molar-refractivity contribution in [2.24, 2.45) is 0 Å². The number of nitrogens with zero attached hydrogens (tertiary/aromatic N) is 3. The Balaban J connectivity index is 1.56. The van der Waals surface area contributed by atoms with Gasteiger partial charge >= 0.3 is 0 Å². The van der Waals surface area contributed by atoms with E-state index >= 15 is 0 Å². The zero-order valence-electron chi connectivity index (χ0n) is 16.1. The minimum absolute atomic E-state index is 0.0829. The van der Waals surface area contributed by atoms with Crippen molar-refractivity contribution in [3.63, 3.8) is 0 Å². The third-order valence-corrected chi connectivity index (χ3v) is 5.03. The molecule has 1 amide bonds. The number of amides is 1. The number of benzene rings is 1. The van der Waals surface area contributed by atoms with E-state index in [1.54, 1.807) is 0 Å². The second-order valence-electron chi connectivity index (χ2n) is 7.18. The van der Waals surface area contributed by atoms with Gasteiger partial charge in [-0.3, -0.25) is 9.69 Å². The highest BCUT2D eigenvalue weighted by molar-refractivity contribution is 5.94. The van der Waals surface area contributed by atoms with Crippen LogP contribution in [-0.2, 0) is 0 Å². The summed E-state index contributed by atoms with van der Waals surface area (Å²) in [5, 5.41) is 12.4. The number of piperidine rings is 1. The standard InChI is InChI=1S/C21H28N4O2/c1-15-13-16(2)24-20(23-15)17-6-8-18(9-7-17)21(27)22-10-12-25-11-4-3-5-19(25)14-26/h6-9,13,19,26H,3-5,10-12,14H2,1-2H3,(H,22,27)/t19-/m1/s1. The molecule has 6 heteroatoms. The summed E-state index contributed by atoms with van der Waals surface area (Å²) in [6.45, 7) is 6.43. The van der Waals surface area contributed by atoms with E-state index in [-0.39, 0.29) is 18.6 Å². The van der Waals surface area contributed by atoms with Gasteiger partial charge in [0.15, 0.2) is 5.82 Å². The molecule has 2 N–H and O–H groups in total. The fraction of sp³-hybridized carbons (Fsp3) is 0.476. The molecule has 0 aliphatic carbocycles. The van der Waals surface area contributed by atoms with Crippen LogP contribution in [0.5, 0.6) is 0 Å². The number of carbonyl (C=O) groups excluding carboxylic acids is 1. The number of rotatable bonds is 6. The highest BCUT2D eigenvalue weighted by atomic mass is 16.3. The molecule has 1 fully saturated rings. The van der Waals surface area contributed by atoms with Crippen LogP contribution < -0.4 is 5.32 Å². The van der Waals surface area contributed by atoms with E-state index in [4.69, 9.17) is 0 Å². The van der Waals surface area contributed by atoms with Crippen LogP contribution in [0.1, 0.15) is 41.0 Å². The van der Waals surface area contributed by atoms with E-state index in [0.29, 0.717) is 17.9 Å². The minimum Gasteiger partial charge on any atom is -0.395 e. The van der Waals surface area contributed by atoms with Crippen LogP contribution in [0.4, 0.5) is 0 Å². The van der Waals surface area contributed by atoms with Crippen molar-refractivity contribution in [1.29, 1.82) is 0 Å². The van der Waals surface area contributed by atoms with Gasteiger partial charge in [0.1, 0.15) is 0 Å². The molecule has 0 spiro atoms. The number of aryl methyl sites for hydroxylation is 2. The van der Waals surface area contributed by atoms with E-state index in [1.165, 1.54) is 6.42 Å². The van der Waals surface area contributed by atoms with E-state index in [1.807, 2.05) is 44.2 Å². The van der Waals surface area contributed by atoms with E-state index < -0.39 is 0 Å². The molecule has 0 radical (unpaired) electrons. The summed E-state index contributed by atoms with van der Waals surface area (Å²) >= 11 is 0. The molecular weight excluding hydrogens is 340 g/mol. The maximum atomic E-state index is 12.4. The minimum atomic E-state index is -0.0829. The molecule has 2 heterocycles. The van der Waals surface area contributed by atoms with Gasteiger partial charge in [-0.15, -0.1) is 0 Å². The summed E-state index contributed by atoms with van der Waals surface area (Å²) in [4.78, 5) is 23.6. The third kappa shape index (κ3) is 5.11. The van der Waals surface area contributed by atoms with Gasteiger partial charge in [0, 0.05) is 41.6 Å². The summed E-state index contributed by atoms with van der Waals surface area (Å²) < 4.78 is 0. The lowest BCUT2D eigenvalue weighted by molar-refractivity contribution is 0.0849. The zero-order chi connectivity index (χ0) is 19.2. The van der Waals surface area contributed by atoms with Gasteiger partial charge in [0.25, 0.3) is 5.91 Å². The molecule has 1 aromatic heterocycles. The molecule has 27 heavy (non-hydrogen) atoms. The Kier molecular flexibility index (Phi) is 6.53. The zero-order valence-corrected chi connectivity index (χ0v) is 16.1. The van der Waals surface area contributed by atoms with Gasteiger partial charge in [-0.25, -0.2) is 9.97 Å². The van der Waals surface area contributed by atoms with Crippen LogP contribution in [0.3, 0.4) is 0 Å². The second kappa shape index (κ2) is 9.06. The van der Waals surface area contributed by atoms with E-state index in [2.05, 4.69) is 20.2 Å². The molecule has 0 saturated carbocycles. The lowest BCUT2D eigenvalue weighted by atomic mass is 10.0. The molecule has 1 aliphatic rings. The Labute approximate surface area is 160 Å². The Bertz CT molecular complexity index is 756. The van der Waals surface area contributed by atoms with Gasteiger partial charge in [0.2, 0.25) is 0 Å². The fourth-order valence-electron chi connectivity index (χ4n) is 3.60. The number of likely N-dealkylation sites (tertiary alicyclic amines) is 1. The highest BCUT2D eigenvalue weighted by Crippen LogP contribution is 2.17. The van der Waals surface area contributed by atoms with Crippen LogP contribution in [0.25, 0.3) is 11.4 Å². The SMILES string of the molecule is Cc1cc(C)nc(-c2ccc(C(=O)NCCN3CCCC[C@@H]3CO)cc2)n1. The van der Waals surface area contributed by atoms with E-state index in [0.717, 1.165) is 42.9 Å². The van der Waals surface area contributed by atoms with Crippen molar-refractivity contribution in [2.45, 2.75) is 39.2 Å². The normalized spacial score (nSPS) is 17.7. The molecule has 1 atom stereocenters. The first-order valence-electron chi connectivity index (χ1n) is 9.62. The van der Waals surface area contributed by atoms with Gasteiger partial charge in [0.05, 0.1) is 6.61 Å². The Morgan fingerprint density at radius 2 is 1.89 bits per heavy atom. The maximum Gasteiger partial charge on any atom is 0.251 e. The fourth-order valence-corrected chi connectivity index (χ4v) is 3.60. The summed E-state index contributed by atoms with van der Waals surface area (Å²) in [7, 11) is 0. The van der Waals surface area contributed by atoms with Crippen molar-refractivity contribution >= 4 is 5.91 Å². The van der Waals surface area contributed by atoms with Gasteiger partial charge in [-0.2, -0.15) is 0 Å². The van der Waals surface area contributed by atoms with Crippen LogP contribution >= 0.6 is 0 Å². The average Bonchev–Trinajstić information content (AvgIpc) is 2.67. The Morgan fingerprint density at radius 3 is 2.56 bits per heavy atom. The molecule has 0 unspecified atom stereocenters. The molecule has 144 valence electrons. The molecule has 3 rings (SSSR count). The summed E-state index contributed by atoms with van der Waals surface area (Å²) in [5.74, 6) is 0.597. The van der Waals surface area contributed by atoms with Crippen LogP contribution in [0, 0.1) is 13.8 Å². The average molecular weight is 368 g/mol. The highest BCUT2D eigenvalue weighted by Gasteiger charge is 2.21. The van der Waals surface area contributed by atoms with Crippen molar-refractivity contribution in [2.75, 3.05) is 26.2 Å². The molecule has 1 saturated heterocycles. The van der Waals surface area contributed by atoms with Gasteiger partial charge in [-0.05, 0) is 51.4 Å². The maximum absolute atomic E-state index is 12.4.